The van der Waals surface area contributed by atoms with E-state index >= 15 is 0 Å². The monoisotopic (exact) mass is 357 g/mol. The van der Waals surface area contributed by atoms with Gasteiger partial charge in [-0.15, -0.1) is 0 Å². The quantitative estimate of drug-likeness (QED) is 0.471. The smallest absolute Gasteiger partial charge is 0.306 e. The Morgan fingerprint density at radius 1 is 1.19 bits per heavy atom. The summed E-state index contributed by atoms with van der Waals surface area (Å²) in [6, 6.07) is 11.3. The van der Waals surface area contributed by atoms with Crippen molar-refractivity contribution in [3.8, 4) is 0 Å². The maximum atomic E-state index is 13.3. The number of halogens is 1. The van der Waals surface area contributed by atoms with Crippen molar-refractivity contribution in [2.75, 3.05) is 5.32 Å². The molecule has 0 heterocycles. The lowest BCUT2D eigenvalue weighted by molar-refractivity contribution is -0.387. The third-order valence-electron chi connectivity index (χ3n) is 3.39. The molecule has 0 radical (unpaired) electrons. The van der Waals surface area contributed by atoms with Crippen molar-refractivity contribution in [3.05, 3.63) is 76.1 Å². The molecule has 0 fully saturated rings. The molecule has 0 bridgehead atoms. The maximum Gasteiger partial charge on any atom is 0.306 e. The van der Waals surface area contributed by atoms with Gasteiger partial charge in [0.1, 0.15) is 6.04 Å². The zero-order valence-electron chi connectivity index (χ0n) is 13.8. The highest BCUT2D eigenvalue weighted by Crippen LogP contribution is 2.21. The highest BCUT2D eigenvalue weighted by Gasteiger charge is 2.18. The Morgan fingerprint density at radius 3 is 2.54 bits per heavy atom. The fourth-order valence-electron chi connectivity index (χ4n) is 2.04. The molecule has 0 aliphatic rings. The summed E-state index contributed by atoms with van der Waals surface area (Å²) >= 11 is 0. The number of anilines is 1. The van der Waals surface area contributed by atoms with Gasteiger partial charge in [0, 0.05) is 17.8 Å². The van der Waals surface area contributed by atoms with E-state index < -0.39 is 34.3 Å². The van der Waals surface area contributed by atoms with E-state index in [2.05, 4.69) is 10.6 Å². The van der Waals surface area contributed by atoms with Gasteiger partial charge < -0.3 is 10.6 Å². The van der Waals surface area contributed by atoms with Crippen LogP contribution in [0.3, 0.4) is 0 Å². The Kier molecular flexibility index (Phi) is 6.15. The summed E-state index contributed by atoms with van der Waals surface area (Å²) in [4.78, 5) is 33.8. The maximum absolute atomic E-state index is 13.3. The predicted molar refractivity (Wildman–Crippen MR) is 94.8 cm³/mol. The third-order valence-corrected chi connectivity index (χ3v) is 3.39. The van der Waals surface area contributed by atoms with Crippen LogP contribution < -0.4 is 10.6 Å². The van der Waals surface area contributed by atoms with Crippen LogP contribution in [0.15, 0.2) is 54.6 Å². The molecule has 2 amide bonds. The van der Waals surface area contributed by atoms with Crippen LogP contribution in [0.4, 0.5) is 15.8 Å². The highest BCUT2D eigenvalue weighted by molar-refractivity contribution is 5.99. The first-order valence-electron chi connectivity index (χ1n) is 7.65. The molecule has 134 valence electrons. The van der Waals surface area contributed by atoms with Gasteiger partial charge in [-0.3, -0.25) is 19.7 Å². The van der Waals surface area contributed by atoms with Gasteiger partial charge in [0.25, 0.3) is 0 Å². The average Bonchev–Trinajstić information content (AvgIpc) is 2.62. The molecular formula is C18H16FN3O4. The predicted octanol–water partition coefficient (Wildman–Crippen LogP) is 2.89. The number of amides is 2. The largest absolute Gasteiger partial charge is 0.341 e. The summed E-state index contributed by atoms with van der Waals surface area (Å²) in [5.74, 6) is -2.06. The average molecular weight is 357 g/mol. The number of carbonyl (C=O) groups is 2. The minimum Gasteiger partial charge on any atom is -0.341 e. The molecule has 7 nitrogen and oxygen atoms in total. The minimum absolute atomic E-state index is 0.0593. The second-order valence-electron chi connectivity index (χ2n) is 5.39. The number of carbonyl (C=O) groups excluding carboxylic acids is 2. The summed E-state index contributed by atoms with van der Waals surface area (Å²) in [7, 11) is 0. The van der Waals surface area contributed by atoms with Gasteiger partial charge >= 0.3 is 5.69 Å². The Balaban J connectivity index is 1.95. The molecule has 0 aliphatic heterocycles. The molecule has 0 saturated carbocycles. The molecular weight excluding hydrogens is 341 g/mol. The summed E-state index contributed by atoms with van der Waals surface area (Å²) in [6.45, 7) is 1.46. The first-order chi connectivity index (χ1) is 12.4. The van der Waals surface area contributed by atoms with Gasteiger partial charge in [-0.1, -0.05) is 30.3 Å². The standard InChI is InChI=1S/C18H16FN3O4/c1-12(20-17(23)10-7-13-5-3-2-4-6-13)18(24)21-14-8-9-15(19)16(11-14)22(25)26/h2-12H,1H3,(H,20,23)(H,21,24)/b10-7+/t12-/m0/s1. The lowest BCUT2D eigenvalue weighted by atomic mass is 10.2. The van der Waals surface area contributed by atoms with Crippen molar-refractivity contribution < 1.29 is 18.9 Å². The van der Waals surface area contributed by atoms with Crippen LogP contribution in [0.2, 0.25) is 0 Å². The Hall–Kier alpha value is -3.55. The zero-order chi connectivity index (χ0) is 19.1. The Labute approximate surface area is 148 Å². The summed E-state index contributed by atoms with van der Waals surface area (Å²) in [5.41, 5.74) is 0.146. The number of nitrogens with zero attached hydrogens (tertiary/aromatic N) is 1. The number of hydrogen-bond donors (Lipinski definition) is 2. The van der Waals surface area contributed by atoms with E-state index in [0.717, 1.165) is 17.7 Å². The molecule has 0 aliphatic carbocycles. The van der Waals surface area contributed by atoms with Crippen molar-refractivity contribution in [1.82, 2.24) is 5.32 Å². The summed E-state index contributed by atoms with van der Waals surface area (Å²) in [5, 5.41) is 15.6. The van der Waals surface area contributed by atoms with E-state index in [1.165, 1.54) is 19.1 Å². The van der Waals surface area contributed by atoms with E-state index in [0.29, 0.717) is 0 Å². The summed E-state index contributed by atoms with van der Waals surface area (Å²) in [6.07, 6.45) is 2.89. The molecule has 1 atom stereocenters. The lowest BCUT2D eigenvalue weighted by Crippen LogP contribution is -2.40. The lowest BCUT2D eigenvalue weighted by Gasteiger charge is -2.13. The van der Waals surface area contributed by atoms with E-state index in [9.17, 15) is 24.1 Å². The van der Waals surface area contributed by atoms with Gasteiger partial charge in [0.15, 0.2) is 0 Å². The first kappa shape index (κ1) is 18.8. The summed E-state index contributed by atoms with van der Waals surface area (Å²) < 4.78 is 13.3. The van der Waals surface area contributed by atoms with Crippen LogP contribution in [-0.2, 0) is 9.59 Å². The van der Waals surface area contributed by atoms with Gasteiger partial charge in [0.2, 0.25) is 17.6 Å². The number of nitro groups is 1. The van der Waals surface area contributed by atoms with E-state index in [1.807, 2.05) is 30.3 Å². The SMILES string of the molecule is C[C@H](NC(=O)/C=C/c1ccccc1)C(=O)Nc1ccc(F)c([N+](=O)[O-])c1. The molecule has 2 aromatic carbocycles. The van der Waals surface area contributed by atoms with Crippen LogP contribution >= 0.6 is 0 Å². The van der Waals surface area contributed by atoms with Crippen LogP contribution in [0.25, 0.3) is 6.08 Å². The van der Waals surface area contributed by atoms with Crippen molar-refractivity contribution in [2.45, 2.75) is 13.0 Å². The molecule has 0 saturated heterocycles. The normalized spacial score (nSPS) is 11.8. The highest BCUT2D eigenvalue weighted by atomic mass is 19.1. The van der Waals surface area contributed by atoms with Crippen molar-refractivity contribution in [1.29, 1.82) is 0 Å². The third kappa shape index (κ3) is 5.23. The number of benzene rings is 2. The van der Waals surface area contributed by atoms with Gasteiger partial charge in [-0.2, -0.15) is 4.39 Å². The van der Waals surface area contributed by atoms with Crippen LogP contribution in [0.5, 0.6) is 0 Å². The molecule has 2 rings (SSSR count). The minimum atomic E-state index is -1.000. The Morgan fingerprint density at radius 2 is 1.88 bits per heavy atom. The molecule has 2 aromatic rings. The zero-order valence-corrected chi connectivity index (χ0v) is 13.8. The van der Waals surface area contributed by atoms with E-state index in [4.69, 9.17) is 0 Å². The topological polar surface area (TPSA) is 101 Å². The number of rotatable bonds is 6. The van der Waals surface area contributed by atoms with Crippen molar-refractivity contribution >= 4 is 29.3 Å². The second kappa shape index (κ2) is 8.52. The fourth-order valence-corrected chi connectivity index (χ4v) is 2.04. The van der Waals surface area contributed by atoms with Crippen LogP contribution in [-0.4, -0.2) is 22.8 Å². The van der Waals surface area contributed by atoms with Gasteiger partial charge in [-0.05, 0) is 30.7 Å². The molecule has 8 heteroatoms. The fraction of sp³-hybridized carbons (Fsp3) is 0.111. The number of nitro benzene ring substituents is 1. The molecule has 2 N–H and O–H groups in total. The van der Waals surface area contributed by atoms with Crippen molar-refractivity contribution in [2.24, 2.45) is 0 Å². The first-order valence-corrected chi connectivity index (χ1v) is 7.65. The number of hydrogen-bond acceptors (Lipinski definition) is 4. The Bertz CT molecular complexity index is 853. The molecule has 0 unspecified atom stereocenters. The molecule has 0 aromatic heterocycles. The second-order valence-corrected chi connectivity index (χ2v) is 5.39. The molecule has 26 heavy (non-hydrogen) atoms. The van der Waals surface area contributed by atoms with E-state index in [1.54, 1.807) is 6.08 Å². The van der Waals surface area contributed by atoms with E-state index in [-0.39, 0.29) is 5.69 Å². The number of nitrogens with one attached hydrogen (secondary N) is 2. The van der Waals surface area contributed by atoms with Gasteiger partial charge in [0.05, 0.1) is 4.92 Å². The molecule has 0 spiro atoms. The van der Waals surface area contributed by atoms with Crippen LogP contribution in [0, 0.1) is 15.9 Å². The van der Waals surface area contributed by atoms with Crippen LogP contribution in [0.1, 0.15) is 12.5 Å². The van der Waals surface area contributed by atoms with Crippen molar-refractivity contribution in [3.63, 3.8) is 0 Å². The van der Waals surface area contributed by atoms with Gasteiger partial charge in [-0.25, -0.2) is 0 Å².